The first-order valence-electron chi connectivity index (χ1n) is 5.75. The third kappa shape index (κ3) is 2.32. The fourth-order valence-electron chi connectivity index (χ4n) is 2.08. The summed E-state index contributed by atoms with van der Waals surface area (Å²) in [5.41, 5.74) is 0.935. The van der Waals surface area contributed by atoms with Crippen LogP contribution in [0.2, 0.25) is 0 Å². The Morgan fingerprint density at radius 2 is 2.20 bits per heavy atom. The highest BCUT2D eigenvalue weighted by Gasteiger charge is 2.25. The summed E-state index contributed by atoms with van der Waals surface area (Å²) in [6.07, 6.45) is 3.96. The van der Waals surface area contributed by atoms with Crippen molar-refractivity contribution < 1.29 is 9.84 Å². The van der Waals surface area contributed by atoms with E-state index in [1.54, 1.807) is 0 Å². The molecule has 0 radical (unpaired) electrons. The van der Waals surface area contributed by atoms with E-state index < -0.39 is 0 Å². The molecular formula is C13H18O2. The molecule has 0 saturated carbocycles. The Morgan fingerprint density at radius 3 is 3.00 bits per heavy atom. The summed E-state index contributed by atoms with van der Waals surface area (Å²) in [4.78, 5) is 0. The smallest absolute Gasteiger partial charge is 0.125 e. The van der Waals surface area contributed by atoms with Gasteiger partial charge in [-0.15, -0.1) is 0 Å². The number of para-hydroxylation sites is 1. The molecule has 0 saturated heterocycles. The lowest BCUT2D eigenvalue weighted by molar-refractivity contribution is 0.0607. The van der Waals surface area contributed by atoms with Gasteiger partial charge in [0, 0.05) is 12.0 Å². The molecular weight excluding hydrogens is 188 g/mol. The van der Waals surface area contributed by atoms with E-state index in [9.17, 15) is 5.11 Å². The maximum absolute atomic E-state index is 9.95. The second kappa shape index (κ2) is 4.67. The SMILES string of the molecule is CCCCC1C[C@H](O)c2ccccc2O1. The zero-order valence-corrected chi connectivity index (χ0v) is 9.15. The molecule has 2 nitrogen and oxygen atoms in total. The lowest BCUT2D eigenvalue weighted by Crippen LogP contribution is -2.25. The van der Waals surface area contributed by atoms with Crippen molar-refractivity contribution in [2.75, 3.05) is 0 Å². The molecule has 1 unspecified atom stereocenters. The van der Waals surface area contributed by atoms with Gasteiger partial charge in [-0.1, -0.05) is 38.0 Å². The molecule has 2 rings (SSSR count). The molecule has 0 fully saturated rings. The molecule has 1 aliphatic heterocycles. The van der Waals surface area contributed by atoms with Crippen LogP contribution in [0, 0.1) is 0 Å². The molecule has 0 spiro atoms. The molecule has 0 aliphatic carbocycles. The van der Waals surface area contributed by atoms with E-state index in [4.69, 9.17) is 4.74 Å². The van der Waals surface area contributed by atoms with Crippen LogP contribution in [0.15, 0.2) is 24.3 Å². The molecule has 15 heavy (non-hydrogen) atoms. The molecule has 0 amide bonds. The minimum absolute atomic E-state index is 0.190. The molecule has 82 valence electrons. The van der Waals surface area contributed by atoms with Crippen molar-refractivity contribution in [2.24, 2.45) is 0 Å². The Hall–Kier alpha value is -1.02. The summed E-state index contributed by atoms with van der Waals surface area (Å²) in [5.74, 6) is 0.859. The van der Waals surface area contributed by atoms with Gasteiger partial charge in [-0.25, -0.2) is 0 Å². The Balaban J connectivity index is 2.08. The van der Waals surface area contributed by atoms with Gasteiger partial charge in [0.15, 0.2) is 0 Å². The van der Waals surface area contributed by atoms with Gasteiger partial charge in [-0.3, -0.25) is 0 Å². The maximum Gasteiger partial charge on any atom is 0.125 e. The summed E-state index contributed by atoms with van der Waals surface area (Å²) in [7, 11) is 0. The van der Waals surface area contributed by atoms with Crippen LogP contribution in [-0.2, 0) is 0 Å². The second-order valence-corrected chi connectivity index (χ2v) is 4.17. The quantitative estimate of drug-likeness (QED) is 0.823. The molecule has 2 heteroatoms. The predicted octanol–water partition coefficient (Wildman–Crippen LogP) is 3.06. The average Bonchev–Trinajstić information content (AvgIpc) is 2.26. The van der Waals surface area contributed by atoms with E-state index in [1.165, 1.54) is 12.8 Å². The highest BCUT2D eigenvalue weighted by Crippen LogP contribution is 2.35. The number of benzene rings is 1. The molecule has 0 aromatic heterocycles. The van der Waals surface area contributed by atoms with Crippen LogP contribution < -0.4 is 4.74 Å². The van der Waals surface area contributed by atoms with Gasteiger partial charge in [0.25, 0.3) is 0 Å². The van der Waals surface area contributed by atoms with Crippen molar-refractivity contribution in [3.05, 3.63) is 29.8 Å². The number of unbranched alkanes of at least 4 members (excludes halogenated alkanes) is 1. The Morgan fingerprint density at radius 1 is 1.40 bits per heavy atom. The molecule has 2 atom stereocenters. The second-order valence-electron chi connectivity index (χ2n) is 4.17. The number of rotatable bonds is 3. The van der Waals surface area contributed by atoms with E-state index in [-0.39, 0.29) is 12.2 Å². The fourth-order valence-corrected chi connectivity index (χ4v) is 2.08. The van der Waals surface area contributed by atoms with Crippen LogP contribution in [0.3, 0.4) is 0 Å². The maximum atomic E-state index is 9.95. The third-order valence-electron chi connectivity index (χ3n) is 2.94. The number of aliphatic hydroxyl groups is 1. The Labute approximate surface area is 90.9 Å². The predicted molar refractivity (Wildman–Crippen MR) is 60.0 cm³/mol. The summed E-state index contributed by atoms with van der Waals surface area (Å²) >= 11 is 0. The van der Waals surface area contributed by atoms with E-state index in [0.717, 1.165) is 24.2 Å². The first-order valence-corrected chi connectivity index (χ1v) is 5.75. The Bertz CT molecular complexity index is 322. The first-order chi connectivity index (χ1) is 7.31. The summed E-state index contributed by atoms with van der Waals surface area (Å²) in [5, 5.41) is 9.95. The van der Waals surface area contributed by atoms with Gasteiger partial charge in [0.1, 0.15) is 11.9 Å². The molecule has 1 N–H and O–H groups in total. The standard InChI is InChI=1S/C13H18O2/c1-2-3-6-10-9-12(14)11-7-4-5-8-13(11)15-10/h4-5,7-8,10,12,14H,2-3,6,9H2,1H3/t10?,12-/m0/s1. The van der Waals surface area contributed by atoms with Gasteiger partial charge >= 0.3 is 0 Å². The van der Waals surface area contributed by atoms with Gasteiger partial charge in [0.2, 0.25) is 0 Å². The van der Waals surface area contributed by atoms with Crippen molar-refractivity contribution in [1.29, 1.82) is 0 Å². The van der Waals surface area contributed by atoms with Crippen LogP contribution in [0.1, 0.15) is 44.3 Å². The number of ether oxygens (including phenoxy) is 1. The monoisotopic (exact) mass is 206 g/mol. The van der Waals surface area contributed by atoms with E-state index in [2.05, 4.69) is 6.92 Å². The lowest BCUT2D eigenvalue weighted by atomic mass is 9.96. The normalized spacial score (nSPS) is 24.4. The summed E-state index contributed by atoms with van der Waals surface area (Å²) < 4.78 is 5.84. The summed E-state index contributed by atoms with van der Waals surface area (Å²) in [6.45, 7) is 2.17. The number of hydrogen-bond donors (Lipinski definition) is 1. The van der Waals surface area contributed by atoms with E-state index in [1.807, 2.05) is 24.3 Å². The highest BCUT2D eigenvalue weighted by atomic mass is 16.5. The van der Waals surface area contributed by atoms with Gasteiger partial charge < -0.3 is 9.84 Å². The molecule has 1 aromatic rings. The van der Waals surface area contributed by atoms with Crippen molar-refractivity contribution in [3.8, 4) is 5.75 Å². The highest BCUT2D eigenvalue weighted by molar-refractivity contribution is 5.36. The zero-order valence-electron chi connectivity index (χ0n) is 9.15. The van der Waals surface area contributed by atoms with Gasteiger partial charge in [0.05, 0.1) is 6.10 Å². The number of aliphatic hydroxyl groups excluding tert-OH is 1. The fraction of sp³-hybridized carbons (Fsp3) is 0.538. The van der Waals surface area contributed by atoms with Crippen molar-refractivity contribution >= 4 is 0 Å². The van der Waals surface area contributed by atoms with E-state index in [0.29, 0.717) is 0 Å². The topological polar surface area (TPSA) is 29.5 Å². The van der Waals surface area contributed by atoms with Crippen LogP contribution in [-0.4, -0.2) is 11.2 Å². The average molecular weight is 206 g/mol. The van der Waals surface area contributed by atoms with Crippen molar-refractivity contribution in [3.63, 3.8) is 0 Å². The van der Waals surface area contributed by atoms with Crippen LogP contribution in [0.25, 0.3) is 0 Å². The largest absolute Gasteiger partial charge is 0.490 e. The number of fused-ring (bicyclic) bond motifs is 1. The molecule has 1 aromatic carbocycles. The molecule has 1 aliphatic rings. The minimum Gasteiger partial charge on any atom is -0.490 e. The van der Waals surface area contributed by atoms with Crippen molar-refractivity contribution in [2.45, 2.75) is 44.8 Å². The van der Waals surface area contributed by atoms with Crippen LogP contribution >= 0.6 is 0 Å². The zero-order chi connectivity index (χ0) is 10.7. The molecule has 0 bridgehead atoms. The first kappa shape index (κ1) is 10.5. The Kier molecular flexibility index (Phi) is 3.27. The van der Waals surface area contributed by atoms with Crippen molar-refractivity contribution in [1.82, 2.24) is 0 Å². The lowest BCUT2D eigenvalue weighted by Gasteiger charge is -2.29. The van der Waals surface area contributed by atoms with E-state index >= 15 is 0 Å². The van der Waals surface area contributed by atoms with Crippen LogP contribution in [0.4, 0.5) is 0 Å². The minimum atomic E-state index is -0.350. The third-order valence-corrected chi connectivity index (χ3v) is 2.94. The van der Waals surface area contributed by atoms with Gasteiger partial charge in [-0.2, -0.15) is 0 Å². The van der Waals surface area contributed by atoms with Crippen LogP contribution in [0.5, 0.6) is 5.75 Å². The summed E-state index contributed by atoms with van der Waals surface area (Å²) in [6, 6.07) is 7.78. The molecule has 1 heterocycles. The number of hydrogen-bond acceptors (Lipinski definition) is 2. The van der Waals surface area contributed by atoms with Gasteiger partial charge in [-0.05, 0) is 12.5 Å².